The van der Waals surface area contributed by atoms with Gasteiger partial charge in [-0.25, -0.2) is 0 Å². The molecule has 1 aliphatic rings. The van der Waals surface area contributed by atoms with Gasteiger partial charge in [0.2, 0.25) is 0 Å². The Balaban J connectivity index is 2.49. The summed E-state index contributed by atoms with van der Waals surface area (Å²) >= 11 is 0. The van der Waals surface area contributed by atoms with E-state index in [-0.39, 0.29) is 17.8 Å². The van der Waals surface area contributed by atoms with Crippen molar-refractivity contribution in [2.24, 2.45) is 5.92 Å². The molecule has 0 bridgehead atoms. The van der Waals surface area contributed by atoms with Crippen LogP contribution < -0.4 is 0 Å². The molecule has 78 valence electrons. The Morgan fingerprint density at radius 1 is 1.54 bits per heavy atom. The van der Waals surface area contributed by atoms with E-state index in [4.69, 9.17) is 4.74 Å². The summed E-state index contributed by atoms with van der Waals surface area (Å²) in [5, 5.41) is 9.83. The molecule has 1 saturated heterocycles. The molecular weight excluding hydrogens is 164 g/mol. The maximum Gasteiger partial charge on any atom is 0.0844 e. The molecule has 0 aromatic rings. The van der Waals surface area contributed by atoms with Crippen LogP contribution in [0.2, 0.25) is 0 Å². The van der Waals surface area contributed by atoms with Gasteiger partial charge in [0, 0.05) is 0 Å². The number of ether oxygens (including phenoxy) is 1. The summed E-state index contributed by atoms with van der Waals surface area (Å²) in [4.78, 5) is 0. The summed E-state index contributed by atoms with van der Waals surface area (Å²) in [5.41, 5.74) is 0.0144. The Morgan fingerprint density at radius 2 is 2.15 bits per heavy atom. The van der Waals surface area contributed by atoms with Crippen LogP contribution in [0.25, 0.3) is 0 Å². The smallest absolute Gasteiger partial charge is 0.0844 e. The first-order chi connectivity index (χ1) is 5.98. The number of hydrogen-bond acceptors (Lipinski definition) is 2. The predicted molar refractivity (Wildman–Crippen MR) is 53.6 cm³/mol. The van der Waals surface area contributed by atoms with E-state index in [0.29, 0.717) is 5.92 Å². The molecule has 0 radical (unpaired) electrons. The molecule has 0 spiro atoms. The molecule has 0 aliphatic carbocycles. The van der Waals surface area contributed by atoms with Crippen LogP contribution in [0.4, 0.5) is 0 Å². The standard InChI is InChI=1S/C11H22O2/c1-5-11(4)7-6-9(13-11)10(12)8(2)3/h8-10,12H,5-7H2,1-4H3/t9-,10+,11+/m1/s1. The van der Waals surface area contributed by atoms with E-state index in [2.05, 4.69) is 13.8 Å². The highest BCUT2D eigenvalue weighted by Gasteiger charge is 2.38. The van der Waals surface area contributed by atoms with Gasteiger partial charge in [0.25, 0.3) is 0 Å². The van der Waals surface area contributed by atoms with Gasteiger partial charge in [-0.3, -0.25) is 0 Å². The van der Waals surface area contributed by atoms with Crippen molar-refractivity contribution in [2.45, 2.75) is 64.8 Å². The highest BCUT2D eigenvalue weighted by molar-refractivity contribution is 4.87. The predicted octanol–water partition coefficient (Wildman–Crippen LogP) is 2.35. The maximum absolute atomic E-state index is 9.83. The molecule has 1 fully saturated rings. The second-order valence-corrected chi connectivity index (χ2v) is 4.73. The summed E-state index contributed by atoms with van der Waals surface area (Å²) in [6.45, 7) is 8.36. The molecule has 1 N–H and O–H groups in total. The minimum absolute atomic E-state index is 0.0144. The highest BCUT2D eigenvalue weighted by Crippen LogP contribution is 2.35. The lowest BCUT2D eigenvalue weighted by atomic mass is 9.96. The van der Waals surface area contributed by atoms with Crippen LogP contribution >= 0.6 is 0 Å². The SMILES string of the molecule is CC[C@@]1(C)CC[C@H]([C@@H](O)C(C)C)O1. The van der Waals surface area contributed by atoms with Crippen molar-refractivity contribution in [1.82, 2.24) is 0 Å². The zero-order chi connectivity index (χ0) is 10.1. The molecule has 0 aromatic heterocycles. The van der Waals surface area contributed by atoms with Crippen molar-refractivity contribution in [3.8, 4) is 0 Å². The second-order valence-electron chi connectivity index (χ2n) is 4.73. The number of rotatable bonds is 3. The Hall–Kier alpha value is -0.0800. The monoisotopic (exact) mass is 186 g/mol. The van der Waals surface area contributed by atoms with E-state index in [1.165, 1.54) is 0 Å². The summed E-state index contributed by atoms with van der Waals surface area (Å²) in [6, 6.07) is 0. The highest BCUT2D eigenvalue weighted by atomic mass is 16.5. The Bertz CT molecular complexity index is 167. The molecule has 0 saturated carbocycles. The van der Waals surface area contributed by atoms with Gasteiger partial charge in [-0.2, -0.15) is 0 Å². The first-order valence-corrected chi connectivity index (χ1v) is 5.34. The quantitative estimate of drug-likeness (QED) is 0.733. The zero-order valence-corrected chi connectivity index (χ0v) is 9.21. The Kier molecular flexibility index (Phi) is 3.36. The largest absolute Gasteiger partial charge is 0.390 e. The average Bonchev–Trinajstić information content (AvgIpc) is 2.47. The average molecular weight is 186 g/mol. The van der Waals surface area contributed by atoms with Crippen LogP contribution in [-0.4, -0.2) is 22.9 Å². The number of hydrogen-bond donors (Lipinski definition) is 1. The van der Waals surface area contributed by atoms with E-state index >= 15 is 0 Å². The lowest BCUT2D eigenvalue weighted by Gasteiger charge is -2.26. The van der Waals surface area contributed by atoms with Crippen LogP contribution in [0.1, 0.15) is 47.0 Å². The fourth-order valence-electron chi connectivity index (χ4n) is 1.86. The maximum atomic E-state index is 9.83. The molecule has 13 heavy (non-hydrogen) atoms. The molecule has 2 heteroatoms. The van der Waals surface area contributed by atoms with E-state index in [1.807, 2.05) is 13.8 Å². The molecule has 1 heterocycles. The Labute approximate surface area is 81.3 Å². The molecule has 1 aliphatic heterocycles. The summed E-state index contributed by atoms with van der Waals surface area (Å²) in [5.74, 6) is 0.296. The molecule has 2 nitrogen and oxygen atoms in total. The van der Waals surface area contributed by atoms with E-state index in [1.54, 1.807) is 0 Å². The van der Waals surface area contributed by atoms with Crippen LogP contribution in [0.15, 0.2) is 0 Å². The van der Waals surface area contributed by atoms with Gasteiger partial charge in [0.05, 0.1) is 17.8 Å². The lowest BCUT2D eigenvalue weighted by molar-refractivity contribution is -0.0921. The molecule has 0 unspecified atom stereocenters. The fourth-order valence-corrected chi connectivity index (χ4v) is 1.86. The van der Waals surface area contributed by atoms with Crippen LogP contribution in [0.5, 0.6) is 0 Å². The van der Waals surface area contributed by atoms with Gasteiger partial charge in [0.15, 0.2) is 0 Å². The molecule has 3 atom stereocenters. The minimum atomic E-state index is -0.298. The number of aliphatic hydroxyl groups is 1. The van der Waals surface area contributed by atoms with E-state index in [0.717, 1.165) is 19.3 Å². The third-order valence-corrected chi connectivity index (χ3v) is 3.21. The van der Waals surface area contributed by atoms with Crippen LogP contribution in [-0.2, 0) is 4.74 Å². The van der Waals surface area contributed by atoms with Crippen molar-refractivity contribution in [2.75, 3.05) is 0 Å². The topological polar surface area (TPSA) is 29.5 Å². The van der Waals surface area contributed by atoms with E-state index in [9.17, 15) is 5.11 Å². The molecular formula is C11H22O2. The number of aliphatic hydroxyl groups excluding tert-OH is 1. The summed E-state index contributed by atoms with van der Waals surface area (Å²) < 4.78 is 5.87. The van der Waals surface area contributed by atoms with Gasteiger partial charge < -0.3 is 9.84 Å². The van der Waals surface area contributed by atoms with Gasteiger partial charge in [-0.1, -0.05) is 20.8 Å². The van der Waals surface area contributed by atoms with Gasteiger partial charge >= 0.3 is 0 Å². The summed E-state index contributed by atoms with van der Waals surface area (Å²) in [7, 11) is 0. The first kappa shape index (κ1) is 11.0. The van der Waals surface area contributed by atoms with Crippen molar-refractivity contribution in [3.05, 3.63) is 0 Å². The van der Waals surface area contributed by atoms with Gasteiger partial charge in [0.1, 0.15) is 0 Å². The third-order valence-electron chi connectivity index (χ3n) is 3.21. The zero-order valence-electron chi connectivity index (χ0n) is 9.21. The van der Waals surface area contributed by atoms with Crippen LogP contribution in [0.3, 0.4) is 0 Å². The van der Waals surface area contributed by atoms with Gasteiger partial charge in [-0.15, -0.1) is 0 Å². The summed E-state index contributed by atoms with van der Waals surface area (Å²) in [6.07, 6.45) is 2.88. The normalized spacial score (nSPS) is 36.9. The van der Waals surface area contributed by atoms with Crippen molar-refractivity contribution in [3.63, 3.8) is 0 Å². The third kappa shape index (κ3) is 2.44. The van der Waals surface area contributed by atoms with Gasteiger partial charge in [-0.05, 0) is 32.1 Å². The first-order valence-electron chi connectivity index (χ1n) is 5.34. The molecule has 0 aromatic carbocycles. The Morgan fingerprint density at radius 3 is 2.54 bits per heavy atom. The van der Waals surface area contributed by atoms with E-state index < -0.39 is 0 Å². The fraction of sp³-hybridized carbons (Fsp3) is 1.00. The molecule has 0 amide bonds. The van der Waals surface area contributed by atoms with Crippen LogP contribution in [0, 0.1) is 5.92 Å². The minimum Gasteiger partial charge on any atom is -0.390 e. The van der Waals surface area contributed by atoms with Crippen molar-refractivity contribution in [1.29, 1.82) is 0 Å². The van der Waals surface area contributed by atoms with Crippen molar-refractivity contribution >= 4 is 0 Å². The second kappa shape index (κ2) is 3.97. The van der Waals surface area contributed by atoms with Crippen molar-refractivity contribution < 1.29 is 9.84 Å². The lowest BCUT2D eigenvalue weighted by Crippen LogP contribution is -2.33. The molecule has 1 rings (SSSR count).